The average molecular weight is 341 g/mol. The zero-order chi connectivity index (χ0) is 18.0. The van der Waals surface area contributed by atoms with Crippen molar-refractivity contribution >= 4 is 0 Å². The molecule has 0 aliphatic heterocycles. The zero-order valence-corrected chi connectivity index (χ0v) is 17.5. The summed E-state index contributed by atoms with van der Waals surface area (Å²) in [7, 11) is 0. The Morgan fingerprint density at radius 1 is 0.720 bits per heavy atom. The minimum absolute atomic E-state index is 0.986. The number of hydrogen-bond donors (Lipinski definition) is 0. The molecule has 25 heavy (non-hydrogen) atoms. The molecule has 0 heteroatoms. The Labute approximate surface area is 156 Å². The largest absolute Gasteiger partial charge is 0.0625 e. The van der Waals surface area contributed by atoms with E-state index in [1.54, 1.807) is 11.1 Å². The molecule has 0 spiro atoms. The molecule has 3 rings (SSSR count). The van der Waals surface area contributed by atoms with E-state index >= 15 is 0 Å². The van der Waals surface area contributed by atoms with Gasteiger partial charge in [0.1, 0.15) is 0 Å². The van der Waals surface area contributed by atoms with Crippen LogP contribution >= 0.6 is 0 Å². The molecule has 1 aromatic carbocycles. The van der Waals surface area contributed by atoms with Crippen LogP contribution in [0, 0.1) is 51.4 Å². The summed E-state index contributed by atoms with van der Waals surface area (Å²) in [5.41, 5.74) is 7.65. The monoisotopic (exact) mass is 340 g/mol. The SMILES string of the molecule is Cc1cc(CCC2CCC(C3CCC(C)CC3)CC2)c(C)c(C)c1C. The van der Waals surface area contributed by atoms with Crippen LogP contribution in [-0.4, -0.2) is 0 Å². The summed E-state index contributed by atoms with van der Waals surface area (Å²) in [5, 5.41) is 0. The van der Waals surface area contributed by atoms with Crippen molar-refractivity contribution in [2.24, 2.45) is 23.7 Å². The second kappa shape index (κ2) is 8.28. The van der Waals surface area contributed by atoms with Crippen molar-refractivity contribution in [3.63, 3.8) is 0 Å². The third-order valence-electron chi connectivity index (χ3n) is 8.03. The first-order valence-electron chi connectivity index (χ1n) is 11.0. The second-order valence-corrected chi connectivity index (χ2v) is 9.57. The van der Waals surface area contributed by atoms with E-state index in [0.717, 1.165) is 23.7 Å². The molecule has 2 aliphatic rings. The number of benzene rings is 1. The summed E-state index contributed by atoms with van der Waals surface area (Å²) >= 11 is 0. The van der Waals surface area contributed by atoms with Gasteiger partial charge in [0.05, 0.1) is 0 Å². The Kier molecular flexibility index (Phi) is 6.29. The van der Waals surface area contributed by atoms with Gasteiger partial charge in [-0.05, 0) is 118 Å². The molecule has 2 fully saturated rings. The van der Waals surface area contributed by atoms with Crippen LogP contribution in [0.5, 0.6) is 0 Å². The topological polar surface area (TPSA) is 0 Å². The molecule has 0 amide bonds. The van der Waals surface area contributed by atoms with Gasteiger partial charge in [0.2, 0.25) is 0 Å². The summed E-state index contributed by atoms with van der Waals surface area (Å²) in [6.45, 7) is 11.6. The average Bonchev–Trinajstić information content (AvgIpc) is 2.63. The molecule has 0 saturated heterocycles. The molecule has 0 nitrogen and oxygen atoms in total. The lowest BCUT2D eigenvalue weighted by Gasteiger charge is -2.37. The molecule has 0 atom stereocenters. The van der Waals surface area contributed by atoms with Crippen molar-refractivity contribution < 1.29 is 0 Å². The van der Waals surface area contributed by atoms with E-state index in [0.29, 0.717) is 0 Å². The highest BCUT2D eigenvalue weighted by Gasteiger charge is 2.29. The summed E-state index contributed by atoms with van der Waals surface area (Å²) in [4.78, 5) is 0. The van der Waals surface area contributed by atoms with Crippen LogP contribution in [0.4, 0.5) is 0 Å². The predicted molar refractivity (Wildman–Crippen MR) is 110 cm³/mol. The summed E-state index contributed by atoms with van der Waals surface area (Å²) in [6.07, 6.45) is 14.8. The molecule has 2 saturated carbocycles. The third kappa shape index (κ3) is 4.50. The molecule has 0 bridgehead atoms. The van der Waals surface area contributed by atoms with Crippen LogP contribution in [0.2, 0.25) is 0 Å². The molecule has 0 radical (unpaired) electrons. The Bertz CT molecular complexity index is 566. The van der Waals surface area contributed by atoms with Gasteiger partial charge >= 0.3 is 0 Å². The molecule has 0 aromatic heterocycles. The van der Waals surface area contributed by atoms with E-state index in [2.05, 4.69) is 40.7 Å². The summed E-state index contributed by atoms with van der Waals surface area (Å²) in [6, 6.07) is 2.46. The third-order valence-corrected chi connectivity index (χ3v) is 8.03. The molecule has 0 heterocycles. The lowest BCUT2D eigenvalue weighted by atomic mass is 9.69. The first kappa shape index (κ1) is 19.0. The second-order valence-electron chi connectivity index (χ2n) is 9.57. The van der Waals surface area contributed by atoms with Crippen molar-refractivity contribution in [1.29, 1.82) is 0 Å². The van der Waals surface area contributed by atoms with Crippen LogP contribution in [0.1, 0.15) is 92.5 Å². The first-order valence-corrected chi connectivity index (χ1v) is 11.0. The van der Waals surface area contributed by atoms with Gasteiger partial charge in [-0.15, -0.1) is 0 Å². The van der Waals surface area contributed by atoms with Crippen LogP contribution in [0.15, 0.2) is 6.07 Å². The quantitative estimate of drug-likeness (QED) is 0.532. The van der Waals surface area contributed by atoms with Gasteiger partial charge in [-0.3, -0.25) is 0 Å². The van der Waals surface area contributed by atoms with Gasteiger partial charge in [-0.2, -0.15) is 0 Å². The van der Waals surface area contributed by atoms with Gasteiger partial charge in [0.15, 0.2) is 0 Å². The van der Waals surface area contributed by atoms with E-state index in [-0.39, 0.29) is 0 Å². The highest BCUT2D eigenvalue weighted by Crippen LogP contribution is 2.42. The van der Waals surface area contributed by atoms with Gasteiger partial charge in [0, 0.05) is 0 Å². The van der Waals surface area contributed by atoms with E-state index in [4.69, 9.17) is 0 Å². The Balaban J connectivity index is 1.48. The summed E-state index contributed by atoms with van der Waals surface area (Å²) in [5.74, 6) is 4.12. The highest BCUT2D eigenvalue weighted by atomic mass is 14.3. The lowest BCUT2D eigenvalue weighted by Crippen LogP contribution is -2.25. The maximum Gasteiger partial charge on any atom is -0.0273 e. The van der Waals surface area contributed by atoms with E-state index in [1.165, 1.54) is 80.9 Å². The van der Waals surface area contributed by atoms with Crippen molar-refractivity contribution in [2.75, 3.05) is 0 Å². The molecular weight excluding hydrogens is 300 g/mol. The highest BCUT2D eigenvalue weighted by molar-refractivity contribution is 5.43. The molecule has 1 aromatic rings. The standard InChI is InChI=1S/C25H40/c1-17-6-11-23(12-7-17)24-13-8-22(9-14-24)10-15-25-16-18(2)19(3)20(4)21(25)5/h16-17,22-24H,6-15H2,1-5H3. The molecule has 0 unspecified atom stereocenters. The van der Waals surface area contributed by atoms with Gasteiger partial charge in [0.25, 0.3) is 0 Å². The number of hydrogen-bond acceptors (Lipinski definition) is 0. The molecule has 0 N–H and O–H groups in total. The maximum atomic E-state index is 2.46. The van der Waals surface area contributed by atoms with Crippen molar-refractivity contribution in [2.45, 2.75) is 98.8 Å². The van der Waals surface area contributed by atoms with Crippen molar-refractivity contribution in [3.05, 3.63) is 33.9 Å². The van der Waals surface area contributed by atoms with Crippen LogP contribution < -0.4 is 0 Å². The zero-order valence-electron chi connectivity index (χ0n) is 17.5. The maximum absolute atomic E-state index is 2.46. The fourth-order valence-electron chi connectivity index (χ4n) is 5.62. The smallest absolute Gasteiger partial charge is 0.0273 e. The molecule has 140 valence electrons. The lowest BCUT2D eigenvalue weighted by molar-refractivity contribution is 0.148. The normalized spacial score (nSPS) is 30.4. The first-order chi connectivity index (χ1) is 12.0. The Morgan fingerprint density at radius 3 is 1.88 bits per heavy atom. The van der Waals surface area contributed by atoms with E-state index in [1.807, 2.05) is 0 Å². The van der Waals surface area contributed by atoms with Crippen molar-refractivity contribution in [3.8, 4) is 0 Å². The number of rotatable bonds is 4. The minimum atomic E-state index is 0.986. The van der Waals surface area contributed by atoms with E-state index in [9.17, 15) is 0 Å². The fraction of sp³-hybridized carbons (Fsp3) is 0.760. The Morgan fingerprint density at radius 2 is 1.28 bits per heavy atom. The van der Waals surface area contributed by atoms with Crippen LogP contribution in [0.3, 0.4) is 0 Å². The number of aryl methyl sites for hydroxylation is 2. The fourth-order valence-corrected chi connectivity index (χ4v) is 5.62. The molecular formula is C25H40. The van der Waals surface area contributed by atoms with Gasteiger partial charge < -0.3 is 0 Å². The van der Waals surface area contributed by atoms with E-state index < -0.39 is 0 Å². The predicted octanol–water partition coefficient (Wildman–Crippen LogP) is 7.49. The Hall–Kier alpha value is -0.780. The van der Waals surface area contributed by atoms with Gasteiger partial charge in [-0.1, -0.05) is 38.7 Å². The van der Waals surface area contributed by atoms with Crippen LogP contribution in [0.25, 0.3) is 0 Å². The van der Waals surface area contributed by atoms with Gasteiger partial charge in [-0.25, -0.2) is 0 Å². The van der Waals surface area contributed by atoms with Crippen LogP contribution in [-0.2, 0) is 6.42 Å². The minimum Gasteiger partial charge on any atom is -0.0625 e. The molecule has 2 aliphatic carbocycles. The van der Waals surface area contributed by atoms with Crippen molar-refractivity contribution in [1.82, 2.24) is 0 Å². The summed E-state index contributed by atoms with van der Waals surface area (Å²) < 4.78 is 0.